The van der Waals surface area contributed by atoms with Crippen LogP contribution in [0.2, 0.25) is 0 Å². The van der Waals surface area contributed by atoms with E-state index < -0.39 is 6.04 Å². The highest BCUT2D eigenvalue weighted by molar-refractivity contribution is 5.82. The van der Waals surface area contributed by atoms with Crippen molar-refractivity contribution in [3.05, 3.63) is 35.9 Å². The number of nitrogens with one attached hydrogen (secondary N) is 1. The Balaban J connectivity index is 1.67. The summed E-state index contributed by atoms with van der Waals surface area (Å²) in [6.07, 6.45) is 4.93. The summed E-state index contributed by atoms with van der Waals surface area (Å²) in [7, 11) is 0. The lowest BCUT2D eigenvalue weighted by molar-refractivity contribution is -0.122. The maximum absolute atomic E-state index is 12.0. The van der Waals surface area contributed by atoms with E-state index in [-0.39, 0.29) is 5.91 Å². The summed E-state index contributed by atoms with van der Waals surface area (Å²) in [5.41, 5.74) is 6.82. The number of rotatable bonds is 6. The van der Waals surface area contributed by atoms with Crippen molar-refractivity contribution in [2.45, 2.75) is 44.7 Å². The summed E-state index contributed by atoms with van der Waals surface area (Å²) in [6.45, 7) is 5.24. The molecule has 0 aromatic heterocycles. The van der Waals surface area contributed by atoms with Crippen LogP contribution in [0.3, 0.4) is 0 Å². The molecule has 0 aliphatic carbocycles. The van der Waals surface area contributed by atoms with Crippen LogP contribution in [0.25, 0.3) is 0 Å². The topological polar surface area (TPSA) is 58.4 Å². The van der Waals surface area contributed by atoms with E-state index in [2.05, 4.69) is 17.1 Å². The van der Waals surface area contributed by atoms with E-state index >= 15 is 0 Å². The highest BCUT2D eigenvalue weighted by Gasteiger charge is 2.18. The molecule has 2 atom stereocenters. The van der Waals surface area contributed by atoms with Crippen molar-refractivity contribution in [2.24, 2.45) is 5.73 Å². The predicted molar refractivity (Wildman–Crippen MR) is 85.9 cm³/mol. The zero-order valence-electron chi connectivity index (χ0n) is 12.9. The minimum atomic E-state index is -0.569. The molecule has 1 aliphatic heterocycles. The van der Waals surface area contributed by atoms with Gasteiger partial charge in [0.2, 0.25) is 5.91 Å². The number of hydrogen-bond donors (Lipinski definition) is 2. The highest BCUT2D eigenvalue weighted by atomic mass is 16.2. The second-order valence-electron chi connectivity index (χ2n) is 5.91. The molecule has 1 aromatic carbocycles. The summed E-state index contributed by atoms with van der Waals surface area (Å²) in [5, 5.41) is 2.94. The number of nitrogens with zero attached hydrogens (tertiary/aromatic N) is 1. The van der Waals surface area contributed by atoms with E-state index in [0.717, 1.165) is 18.5 Å². The van der Waals surface area contributed by atoms with Crippen LogP contribution in [-0.4, -0.2) is 36.5 Å². The maximum Gasteiger partial charge on any atom is 0.241 e. The molecule has 0 spiro atoms. The fourth-order valence-corrected chi connectivity index (χ4v) is 2.91. The van der Waals surface area contributed by atoms with E-state index in [1.54, 1.807) is 0 Å². The molecule has 4 heteroatoms. The van der Waals surface area contributed by atoms with Crippen molar-refractivity contribution < 1.29 is 4.79 Å². The Bertz CT molecular complexity index is 435. The molecule has 1 aliphatic rings. The van der Waals surface area contributed by atoms with Gasteiger partial charge < -0.3 is 16.0 Å². The van der Waals surface area contributed by atoms with Gasteiger partial charge in [0.05, 0.1) is 0 Å². The van der Waals surface area contributed by atoms with Crippen LogP contribution in [0, 0.1) is 0 Å². The van der Waals surface area contributed by atoms with Crippen LogP contribution < -0.4 is 11.1 Å². The smallest absolute Gasteiger partial charge is 0.241 e. The van der Waals surface area contributed by atoms with Crippen LogP contribution >= 0.6 is 0 Å². The number of nitrogens with two attached hydrogens (primary N) is 1. The molecule has 0 unspecified atom stereocenters. The Labute approximate surface area is 127 Å². The van der Waals surface area contributed by atoms with Gasteiger partial charge in [-0.05, 0) is 38.3 Å². The quantitative estimate of drug-likeness (QED) is 0.788. The molecule has 0 bridgehead atoms. The third kappa shape index (κ3) is 4.83. The number of carbonyl (C=O) groups is 1. The minimum Gasteiger partial charge on any atom is -0.354 e. The van der Waals surface area contributed by atoms with E-state index in [0.29, 0.717) is 12.6 Å². The van der Waals surface area contributed by atoms with Gasteiger partial charge in [-0.3, -0.25) is 4.79 Å². The van der Waals surface area contributed by atoms with E-state index in [9.17, 15) is 4.79 Å². The number of benzene rings is 1. The average Bonchev–Trinajstić information content (AvgIpc) is 2.53. The molecular weight excluding hydrogens is 262 g/mol. The number of likely N-dealkylation sites (tertiary alicyclic amines) is 1. The van der Waals surface area contributed by atoms with Crippen LogP contribution in [0.15, 0.2) is 30.3 Å². The van der Waals surface area contributed by atoms with E-state index in [1.807, 2.05) is 30.3 Å². The molecule has 1 saturated heterocycles. The first-order valence-electron chi connectivity index (χ1n) is 8.01. The lowest BCUT2D eigenvalue weighted by atomic mass is 10.0. The molecule has 116 valence electrons. The molecular formula is C17H27N3O. The number of hydrogen-bond acceptors (Lipinski definition) is 3. The molecule has 1 amide bonds. The largest absolute Gasteiger partial charge is 0.354 e. The molecule has 0 radical (unpaired) electrons. The maximum atomic E-state index is 12.0. The predicted octanol–water partition coefficient (Wildman–Crippen LogP) is 2.07. The third-order valence-corrected chi connectivity index (χ3v) is 4.30. The standard InChI is InChI=1S/C17H27N3O/c1-14-8-5-6-12-20(14)13-7-11-19-17(21)16(18)15-9-3-2-4-10-15/h2-4,9-10,14,16H,5-8,11-13,18H2,1H3,(H,19,21)/t14-,16-/m1/s1. The molecule has 1 heterocycles. The molecule has 4 nitrogen and oxygen atoms in total. The van der Waals surface area contributed by atoms with Crippen molar-refractivity contribution in [3.8, 4) is 0 Å². The Morgan fingerprint density at radius 1 is 1.38 bits per heavy atom. The first-order valence-corrected chi connectivity index (χ1v) is 8.01. The summed E-state index contributed by atoms with van der Waals surface area (Å²) in [6, 6.07) is 9.62. The molecule has 3 N–H and O–H groups in total. The monoisotopic (exact) mass is 289 g/mol. The van der Waals surface area contributed by atoms with Gasteiger partial charge >= 0.3 is 0 Å². The zero-order chi connectivity index (χ0) is 15.1. The Morgan fingerprint density at radius 2 is 2.14 bits per heavy atom. The first-order chi connectivity index (χ1) is 10.2. The fraction of sp³-hybridized carbons (Fsp3) is 0.588. The van der Waals surface area contributed by atoms with Gasteiger partial charge in [0.15, 0.2) is 0 Å². The van der Waals surface area contributed by atoms with Gasteiger partial charge in [0, 0.05) is 19.1 Å². The lowest BCUT2D eigenvalue weighted by Crippen LogP contribution is -2.40. The van der Waals surface area contributed by atoms with Gasteiger partial charge in [0.25, 0.3) is 0 Å². The second-order valence-corrected chi connectivity index (χ2v) is 5.91. The summed E-state index contributed by atoms with van der Waals surface area (Å²) < 4.78 is 0. The molecule has 1 aromatic rings. The van der Waals surface area contributed by atoms with Crippen molar-refractivity contribution in [2.75, 3.05) is 19.6 Å². The third-order valence-electron chi connectivity index (χ3n) is 4.30. The Morgan fingerprint density at radius 3 is 2.86 bits per heavy atom. The van der Waals surface area contributed by atoms with Crippen molar-refractivity contribution in [3.63, 3.8) is 0 Å². The Hall–Kier alpha value is -1.39. The summed E-state index contributed by atoms with van der Waals surface area (Å²) in [5.74, 6) is -0.0899. The van der Waals surface area contributed by atoms with Gasteiger partial charge in [0.1, 0.15) is 6.04 Å². The van der Waals surface area contributed by atoms with Crippen LogP contribution in [-0.2, 0) is 4.79 Å². The van der Waals surface area contributed by atoms with Gasteiger partial charge in [-0.1, -0.05) is 36.8 Å². The normalized spacial score (nSPS) is 21.0. The summed E-state index contributed by atoms with van der Waals surface area (Å²) in [4.78, 5) is 14.5. The number of piperidine rings is 1. The van der Waals surface area contributed by atoms with Crippen LogP contribution in [0.5, 0.6) is 0 Å². The lowest BCUT2D eigenvalue weighted by Gasteiger charge is -2.33. The SMILES string of the molecule is C[C@@H]1CCCCN1CCCNC(=O)[C@H](N)c1ccccc1. The molecule has 1 fully saturated rings. The van der Waals surface area contributed by atoms with Gasteiger partial charge in [-0.25, -0.2) is 0 Å². The number of carbonyl (C=O) groups excluding carboxylic acids is 1. The second kappa shape index (κ2) is 8.15. The van der Waals surface area contributed by atoms with E-state index in [1.165, 1.54) is 25.8 Å². The first kappa shape index (κ1) is 16.0. The molecule has 0 saturated carbocycles. The van der Waals surface area contributed by atoms with Crippen molar-refractivity contribution in [1.29, 1.82) is 0 Å². The van der Waals surface area contributed by atoms with Crippen molar-refractivity contribution in [1.82, 2.24) is 10.2 Å². The fourth-order valence-electron chi connectivity index (χ4n) is 2.91. The van der Waals surface area contributed by atoms with E-state index in [4.69, 9.17) is 5.73 Å². The van der Waals surface area contributed by atoms with Gasteiger partial charge in [-0.2, -0.15) is 0 Å². The zero-order valence-corrected chi connectivity index (χ0v) is 12.9. The van der Waals surface area contributed by atoms with Gasteiger partial charge in [-0.15, -0.1) is 0 Å². The van der Waals surface area contributed by atoms with Crippen molar-refractivity contribution >= 4 is 5.91 Å². The highest BCUT2D eigenvalue weighted by Crippen LogP contribution is 2.16. The number of amides is 1. The Kier molecular flexibility index (Phi) is 6.21. The van der Waals surface area contributed by atoms with Crippen LogP contribution in [0.1, 0.15) is 44.2 Å². The van der Waals surface area contributed by atoms with Crippen LogP contribution in [0.4, 0.5) is 0 Å². The molecule has 21 heavy (non-hydrogen) atoms. The summed E-state index contributed by atoms with van der Waals surface area (Å²) >= 11 is 0. The molecule has 2 rings (SSSR count). The minimum absolute atomic E-state index is 0.0899. The average molecular weight is 289 g/mol.